The maximum atomic E-state index is 11.5. The Hall–Kier alpha value is -1.36. The number of aromatic amines is 1. The highest BCUT2D eigenvalue weighted by molar-refractivity contribution is 5.76. The molecule has 15 heavy (non-hydrogen) atoms. The summed E-state index contributed by atoms with van der Waals surface area (Å²) in [6.45, 7) is 5.44. The molecule has 1 atom stereocenters. The maximum absolute atomic E-state index is 11.5. The summed E-state index contributed by atoms with van der Waals surface area (Å²) < 4.78 is 5.15. The van der Waals surface area contributed by atoms with Crippen molar-refractivity contribution in [2.75, 3.05) is 0 Å². The first kappa shape index (κ1) is 11.7. The molecule has 1 rings (SSSR count). The van der Waals surface area contributed by atoms with Gasteiger partial charge in [0.1, 0.15) is 11.6 Å². The summed E-state index contributed by atoms with van der Waals surface area (Å²) in [7, 11) is 0. The van der Waals surface area contributed by atoms with Crippen LogP contribution in [0, 0.1) is 0 Å². The van der Waals surface area contributed by atoms with Gasteiger partial charge in [-0.3, -0.25) is 9.89 Å². The highest BCUT2D eigenvalue weighted by Gasteiger charge is 2.22. The van der Waals surface area contributed by atoms with Crippen LogP contribution in [0.3, 0.4) is 0 Å². The smallest absolute Gasteiger partial charge is 0.323 e. The fraction of sp³-hybridized carbons (Fsp3) is 0.600. The number of esters is 1. The number of nitrogens with one attached hydrogen (secondary N) is 1. The van der Waals surface area contributed by atoms with Crippen LogP contribution in [-0.2, 0) is 16.0 Å². The standard InChI is InChI=1S/C10H17N3O2/c1-10(2,3)15-9(14)8(11)4-7-5-12-13-6-7/h5-6,8H,4,11H2,1-3H3,(H,12,13)/t8-/m0/s1. The van der Waals surface area contributed by atoms with Gasteiger partial charge < -0.3 is 10.5 Å². The molecule has 0 saturated heterocycles. The summed E-state index contributed by atoms with van der Waals surface area (Å²) in [5.41, 5.74) is 6.10. The molecular weight excluding hydrogens is 194 g/mol. The molecule has 0 spiro atoms. The number of carbonyl (C=O) groups excluding carboxylic acids is 1. The Balaban J connectivity index is 2.47. The molecule has 0 aliphatic heterocycles. The van der Waals surface area contributed by atoms with Crippen molar-refractivity contribution < 1.29 is 9.53 Å². The van der Waals surface area contributed by atoms with Gasteiger partial charge >= 0.3 is 5.97 Å². The molecule has 0 radical (unpaired) electrons. The van der Waals surface area contributed by atoms with Gasteiger partial charge in [-0.15, -0.1) is 0 Å². The van der Waals surface area contributed by atoms with Crippen LogP contribution >= 0.6 is 0 Å². The second-order valence-corrected chi connectivity index (χ2v) is 4.45. The number of hydrogen-bond donors (Lipinski definition) is 2. The Bertz CT molecular complexity index is 314. The van der Waals surface area contributed by atoms with Gasteiger partial charge in [0.05, 0.1) is 6.20 Å². The number of rotatable bonds is 3. The van der Waals surface area contributed by atoms with E-state index in [9.17, 15) is 4.79 Å². The van der Waals surface area contributed by atoms with E-state index in [0.717, 1.165) is 5.56 Å². The molecular formula is C10H17N3O2. The van der Waals surface area contributed by atoms with Crippen LogP contribution in [0.25, 0.3) is 0 Å². The van der Waals surface area contributed by atoms with Crippen LogP contribution in [0.15, 0.2) is 12.4 Å². The van der Waals surface area contributed by atoms with Crippen molar-refractivity contribution in [2.45, 2.75) is 38.8 Å². The van der Waals surface area contributed by atoms with E-state index in [1.54, 1.807) is 12.4 Å². The first-order chi connectivity index (χ1) is 6.88. The second-order valence-electron chi connectivity index (χ2n) is 4.45. The van der Waals surface area contributed by atoms with Gasteiger partial charge in [0.25, 0.3) is 0 Å². The van der Waals surface area contributed by atoms with Crippen molar-refractivity contribution in [3.8, 4) is 0 Å². The summed E-state index contributed by atoms with van der Waals surface area (Å²) in [5.74, 6) is -0.385. The van der Waals surface area contributed by atoms with Gasteiger partial charge in [-0.25, -0.2) is 0 Å². The van der Waals surface area contributed by atoms with Gasteiger partial charge in [0.15, 0.2) is 0 Å². The largest absolute Gasteiger partial charge is 0.459 e. The fourth-order valence-corrected chi connectivity index (χ4v) is 1.10. The quantitative estimate of drug-likeness (QED) is 0.718. The van der Waals surface area contributed by atoms with E-state index in [1.165, 1.54) is 0 Å². The first-order valence-corrected chi connectivity index (χ1v) is 4.84. The van der Waals surface area contributed by atoms with Crippen LogP contribution in [0.4, 0.5) is 0 Å². The number of nitrogens with two attached hydrogens (primary N) is 1. The van der Waals surface area contributed by atoms with E-state index >= 15 is 0 Å². The summed E-state index contributed by atoms with van der Waals surface area (Å²) in [5, 5.41) is 6.44. The zero-order valence-electron chi connectivity index (χ0n) is 9.28. The molecule has 0 aromatic carbocycles. The zero-order chi connectivity index (χ0) is 11.5. The van der Waals surface area contributed by atoms with Gasteiger partial charge in [-0.1, -0.05) is 0 Å². The molecule has 1 aromatic heterocycles. The van der Waals surface area contributed by atoms with Crippen molar-refractivity contribution in [2.24, 2.45) is 5.73 Å². The minimum Gasteiger partial charge on any atom is -0.459 e. The van der Waals surface area contributed by atoms with E-state index in [4.69, 9.17) is 10.5 Å². The summed E-state index contributed by atoms with van der Waals surface area (Å²) in [4.78, 5) is 11.5. The maximum Gasteiger partial charge on any atom is 0.323 e. The minimum absolute atomic E-state index is 0.385. The average molecular weight is 211 g/mol. The van der Waals surface area contributed by atoms with Crippen molar-refractivity contribution >= 4 is 5.97 Å². The number of H-pyrrole nitrogens is 1. The van der Waals surface area contributed by atoms with Gasteiger partial charge in [-0.2, -0.15) is 5.10 Å². The van der Waals surface area contributed by atoms with Crippen molar-refractivity contribution in [1.82, 2.24) is 10.2 Å². The summed E-state index contributed by atoms with van der Waals surface area (Å²) in [6, 6.07) is -0.637. The third-order valence-electron chi connectivity index (χ3n) is 1.72. The first-order valence-electron chi connectivity index (χ1n) is 4.84. The lowest BCUT2D eigenvalue weighted by molar-refractivity contribution is -0.156. The van der Waals surface area contributed by atoms with Crippen LogP contribution in [0.5, 0.6) is 0 Å². The van der Waals surface area contributed by atoms with Crippen LogP contribution in [-0.4, -0.2) is 27.8 Å². The lowest BCUT2D eigenvalue weighted by atomic mass is 10.1. The zero-order valence-corrected chi connectivity index (χ0v) is 9.28. The highest BCUT2D eigenvalue weighted by atomic mass is 16.6. The molecule has 0 amide bonds. The third-order valence-corrected chi connectivity index (χ3v) is 1.72. The number of carbonyl (C=O) groups is 1. The molecule has 1 heterocycles. The van der Waals surface area contributed by atoms with Crippen molar-refractivity contribution in [3.05, 3.63) is 18.0 Å². The molecule has 3 N–H and O–H groups in total. The normalized spacial score (nSPS) is 13.6. The third kappa shape index (κ3) is 4.12. The number of ether oxygens (including phenoxy) is 1. The van der Waals surface area contributed by atoms with E-state index in [1.807, 2.05) is 20.8 Å². The highest BCUT2D eigenvalue weighted by Crippen LogP contribution is 2.09. The molecule has 5 nitrogen and oxygen atoms in total. The monoisotopic (exact) mass is 211 g/mol. The predicted octanol–water partition coefficient (Wildman–Crippen LogP) is 0.621. The lowest BCUT2D eigenvalue weighted by Gasteiger charge is -2.21. The molecule has 0 saturated carbocycles. The Kier molecular flexibility index (Phi) is 3.47. The summed E-state index contributed by atoms with van der Waals surface area (Å²) >= 11 is 0. The Morgan fingerprint density at radius 3 is 2.80 bits per heavy atom. The van der Waals surface area contributed by atoms with E-state index < -0.39 is 11.6 Å². The topological polar surface area (TPSA) is 81.0 Å². The average Bonchev–Trinajstić information content (AvgIpc) is 2.53. The Morgan fingerprint density at radius 1 is 1.67 bits per heavy atom. The van der Waals surface area contributed by atoms with Gasteiger partial charge in [-0.05, 0) is 26.3 Å². The molecule has 5 heteroatoms. The molecule has 0 bridgehead atoms. The van der Waals surface area contributed by atoms with Crippen LogP contribution < -0.4 is 5.73 Å². The SMILES string of the molecule is CC(C)(C)OC(=O)[C@@H](N)Cc1cn[nH]c1. The molecule has 0 aliphatic carbocycles. The van der Waals surface area contributed by atoms with Gasteiger partial charge in [0.2, 0.25) is 0 Å². The van der Waals surface area contributed by atoms with Gasteiger partial charge in [0, 0.05) is 12.6 Å². The lowest BCUT2D eigenvalue weighted by Crippen LogP contribution is -2.38. The number of nitrogens with zero attached hydrogens (tertiary/aromatic N) is 1. The molecule has 0 aliphatic rings. The van der Waals surface area contributed by atoms with Crippen molar-refractivity contribution in [1.29, 1.82) is 0 Å². The summed E-state index contributed by atoms with van der Waals surface area (Å²) in [6.07, 6.45) is 3.79. The Labute approximate surface area is 89.0 Å². The van der Waals surface area contributed by atoms with Crippen LogP contribution in [0.2, 0.25) is 0 Å². The van der Waals surface area contributed by atoms with Crippen molar-refractivity contribution in [3.63, 3.8) is 0 Å². The number of hydrogen-bond acceptors (Lipinski definition) is 4. The molecule has 84 valence electrons. The molecule has 1 aromatic rings. The minimum atomic E-state index is -0.637. The second kappa shape index (κ2) is 4.44. The molecule has 0 unspecified atom stereocenters. The van der Waals surface area contributed by atoms with E-state index in [-0.39, 0.29) is 5.97 Å². The van der Waals surface area contributed by atoms with E-state index in [2.05, 4.69) is 10.2 Å². The molecule has 0 fully saturated rings. The van der Waals surface area contributed by atoms with Crippen LogP contribution in [0.1, 0.15) is 26.3 Å². The fourth-order valence-electron chi connectivity index (χ4n) is 1.10. The van der Waals surface area contributed by atoms with E-state index in [0.29, 0.717) is 6.42 Å². The Morgan fingerprint density at radius 2 is 2.33 bits per heavy atom. The predicted molar refractivity (Wildman–Crippen MR) is 56.1 cm³/mol. The number of aromatic nitrogens is 2.